The second-order valence-corrected chi connectivity index (χ2v) is 3.88. The van der Waals surface area contributed by atoms with Crippen LogP contribution in [0.15, 0.2) is 12.1 Å². The van der Waals surface area contributed by atoms with Gasteiger partial charge in [-0.2, -0.15) is 0 Å². The van der Waals surface area contributed by atoms with E-state index >= 15 is 0 Å². The number of thiophene rings is 1. The van der Waals surface area contributed by atoms with Crippen molar-refractivity contribution in [2.75, 3.05) is 5.73 Å². The first kappa shape index (κ1) is 7.57. The van der Waals surface area contributed by atoms with Gasteiger partial charge in [0.15, 0.2) is 0 Å². The van der Waals surface area contributed by atoms with E-state index in [4.69, 9.17) is 5.73 Å². The highest BCUT2D eigenvalue weighted by molar-refractivity contribution is 7.16. The predicted octanol–water partition coefficient (Wildman–Crippen LogP) is 1.56. The summed E-state index contributed by atoms with van der Waals surface area (Å²) in [5.41, 5.74) is 4.73. The summed E-state index contributed by atoms with van der Waals surface area (Å²) >= 11 is 1.42. The van der Waals surface area contributed by atoms with Crippen LogP contribution in [-0.4, -0.2) is 5.11 Å². The molecule has 0 aromatic carbocycles. The number of hydrogen-bond donors (Lipinski definition) is 2. The first-order valence-corrected chi connectivity index (χ1v) is 3.90. The maximum Gasteiger partial charge on any atom is 0.0932 e. The lowest BCUT2D eigenvalue weighted by atomic mass is 10.1. The lowest BCUT2D eigenvalue weighted by Crippen LogP contribution is -2.12. The molecular formula is C7H11NOS. The minimum Gasteiger partial charge on any atom is -0.391 e. The zero-order valence-corrected chi connectivity index (χ0v) is 6.90. The van der Waals surface area contributed by atoms with Crippen LogP contribution in [0.1, 0.15) is 18.7 Å². The molecule has 3 heteroatoms. The summed E-state index contributed by atoms with van der Waals surface area (Å²) in [5, 5.41) is 10.2. The summed E-state index contributed by atoms with van der Waals surface area (Å²) < 4.78 is 0. The van der Waals surface area contributed by atoms with Gasteiger partial charge in [-0.3, -0.25) is 0 Å². The van der Waals surface area contributed by atoms with Gasteiger partial charge in [0.1, 0.15) is 0 Å². The van der Waals surface area contributed by atoms with Gasteiger partial charge in [0.2, 0.25) is 0 Å². The van der Waals surface area contributed by atoms with Crippen molar-refractivity contribution in [2.24, 2.45) is 0 Å². The molecule has 2 nitrogen and oxygen atoms in total. The Morgan fingerprint density at radius 1 is 1.50 bits per heavy atom. The number of aliphatic hydroxyl groups is 1. The molecule has 0 saturated heterocycles. The normalized spacial score (nSPS) is 11.9. The predicted molar refractivity (Wildman–Crippen MR) is 44.0 cm³/mol. The molecule has 10 heavy (non-hydrogen) atoms. The molecule has 0 spiro atoms. The maximum atomic E-state index is 9.46. The van der Waals surface area contributed by atoms with Crippen molar-refractivity contribution in [3.63, 3.8) is 0 Å². The first-order chi connectivity index (χ1) is 4.50. The van der Waals surface area contributed by atoms with Gasteiger partial charge in [0.25, 0.3) is 0 Å². The SMILES string of the molecule is CC(C)(O)c1ccc(N)s1. The van der Waals surface area contributed by atoms with Gasteiger partial charge in [-0.1, -0.05) is 0 Å². The highest BCUT2D eigenvalue weighted by atomic mass is 32.1. The molecule has 0 radical (unpaired) electrons. The quantitative estimate of drug-likeness (QED) is 0.649. The summed E-state index contributed by atoms with van der Waals surface area (Å²) in [4.78, 5) is 0.907. The summed E-state index contributed by atoms with van der Waals surface area (Å²) in [7, 11) is 0. The van der Waals surface area contributed by atoms with Gasteiger partial charge < -0.3 is 10.8 Å². The van der Waals surface area contributed by atoms with E-state index in [9.17, 15) is 5.11 Å². The molecule has 0 fully saturated rings. The Kier molecular flexibility index (Phi) is 1.70. The van der Waals surface area contributed by atoms with E-state index < -0.39 is 5.60 Å². The lowest BCUT2D eigenvalue weighted by Gasteiger charge is -2.13. The average Bonchev–Trinajstić information content (AvgIpc) is 2.11. The molecule has 0 bridgehead atoms. The Bertz CT molecular complexity index is 224. The van der Waals surface area contributed by atoms with E-state index in [1.165, 1.54) is 11.3 Å². The second kappa shape index (κ2) is 2.25. The van der Waals surface area contributed by atoms with Crippen LogP contribution >= 0.6 is 11.3 Å². The number of rotatable bonds is 1. The average molecular weight is 157 g/mol. The zero-order chi connectivity index (χ0) is 7.78. The monoisotopic (exact) mass is 157 g/mol. The van der Waals surface area contributed by atoms with Gasteiger partial charge in [0.05, 0.1) is 10.6 Å². The van der Waals surface area contributed by atoms with E-state index in [1.54, 1.807) is 19.9 Å². The van der Waals surface area contributed by atoms with E-state index in [1.807, 2.05) is 6.07 Å². The van der Waals surface area contributed by atoms with Gasteiger partial charge in [-0.25, -0.2) is 0 Å². The van der Waals surface area contributed by atoms with Gasteiger partial charge in [-0.05, 0) is 26.0 Å². The Morgan fingerprint density at radius 3 is 2.30 bits per heavy atom. The van der Waals surface area contributed by atoms with Crippen LogP contribution in [0.25, 0.3) is 0 Å². The Hall–Kier alpha value is -0.540. The second-order valence-electron chi connectivity index (χ2n) is 2.76. The van der Waals surface area contributed by atoms with Crippen LogP contribution in [-0.2, 0) is 5.60 Å². The minimum atomic E-state index is -0.748. The fraction of sp³-hybridized carbons (Fsp3) is 0.429. The Labute approximate surface area is 64.3 Å². The molecule has 0 amide bonds. The highest BCUT2D eigenvalue weighted by Crippen LogP contribution is 2.28. The van der Waals surface area contributed by atoms with Crippen LogP contribution in [0.2, 0.25) is 0 Å². The molecular weight excluding hydrogens is 146 g/mol. The third-order valence-electron chi connectivity index (χ3n) is 1.23. The number of hydrogen-bond acceptors (Lipinski definition) is 3. The number of anilines is 1. The summed E-state index contributed by atoms with van der Waals surface area (Å²) in [5.74, 6) is 0. The van der Waals surface area contributed by atoms with Crippen molar-refractivity contribution in [3.05, 3.63) is 17.0 Å². The number of nitrogen functional groups attached to an aromatic ring is 1. The van der Waals surface area contributed by atoms with Gasteiger partial charge in [-0.15, -0.1) is 11.3 Å². The zero-order valence-electron chi connectivity index (χ0n) is 6.09. The molecule has 56 valence electrons. The molecule has 0 unspecified atom stereocenters. The van der Waals surface area contributed by atoms with Crippen LogP contribution in [0.5, 0.6) is 0 Å². The van der Waals surface area contributed by atoms with Crippen LogP contribution < -0.4 is 5.73 Å². The fourth-order valence-corrected chi connectivity index (χ4v) is 1.46. The summed E-state index contributed by atoms with van der Waals surface area (Å²) in [6, 6.07) is 3.65. The van der Waals surface area contributed by atoms with E-state index in [0.717, 1.165) is 9.88 Å². The van der Waals surface area contributed by atoms with Crippen molar-refractivity contribution in [3.8, 4) is 0 Å². The summed E-state index contributed by atoms with van der Waals surface area (Å²) in [6.45, 7) is 3.50. The molecule has 0 aliphatic heterocycles. The van der Waals surface area contributed by atoms with Gasteiger partial charge >= 0.3 is 0 Å². The van der Waals surface area contributed by atoms with Crippen LogP contribution in [0, 0.1) is 0 Å². The van der Waals surface area contributed by atoms with Crippen molar-refractivity contribution >= 4 is 16.3 Å². The molecule has 0 atom stereocenters. The minimum absolute atomic E-state index is 0.747. The van der Waals surface area contributed by atoms with Crippen molar-refractivity contribution in [1.29, 1.82) is 0 Å². The van der Waals surface area contributed by atoms with Gasteiger partial charge in [0, 0.05) is 4.88 Å². The lowest BCUT2D eigenvalue weighted by molar-refractivity contribution is 0.0826. The molecule has 3 N–H and O–H groups in total. The van der Waals surface area contributed by atoms with E-state index in [0.29, 0.717) is 0 Å². The molecule has 1 aromatic heterocycles. The van der Waals surface area contributed by atoms with Crippen molar-refractivity contribution < 1.29 is 5.11 Å². The molecule has 0 saturated carbocycles. The van der Waals surface area contributed by atoms with E-state index in [-0.39, 0.29) is 0 Å². The largest absolute Gasteiger partial charge is 0.391 e. The topological polar surface area (TPSA) is 46.2 Å². The van der Waals surface area contributed by atoms with Crippen molar-refractivity contribution in [2.45, 2.75) is 19.4 Å². The Balaban J connectivity index is 2.96. The van der Waals surface area contributed by atoms with Crippen molar-refractivity contribution in [1.82, 2.24) is 0 Å². The standard InChI is InChI=1S/C7H11NOS/c1-7(2,9)5-3-4-6(8)10-5/h3-4,9H,8H2,1-2H3. The highest BCUT2D eigenvalue weighted by Gasteiger charge is 2.17. The van der Waals surface area contributed by atoms with Crippen LogP contribution in [0.3, 0.4) is 0 Å². The molecule has 1 rings (SSSR count). The first-order valence-electron chi connectivity index (χ1n) is 3.08. The molecule has 1 aromatic rings. The van der Waals surface area contributed by atoms with E-state index in [2.05, 4.69) is 0 Å². The molecule has 1 heterocycles. The third kappa shape index (κ3) is 1.49. The fourth-order valence-electron chi connectivity index (χ4n) is 0.682. The Morgan fingerprint density at radius 2 is 2.10 bits per heavy atom. The third-order valence-corrected chi connectivity index (χ3v) is 2.46. The number of nitrogens with two attached hydrogens (primary N) is 1. The smallest absolute Gasteiger partial charge is 0.0932 e. The maximum absolute atomic E-state index is 9.46. The van der Waals surface area contributed by atoms with Crippen LogP contribution in [0.4, 0.5) is 5.00 Å². The molecule has 0 aliphatic rings. The molecule has 0 aliphatic carbocycles. The summed E-state index contributed by atoms with van der Waals surface area (Å²) in [6.07, 6.45) is 0.